The molecule has 0 spiro atoms. The summed E-state index contributed by atoms with van der Waals surface area (Å²) in [4.78, 5) is 25.2. The molecule has 0 saturated carbocycles. The van der Waals surface area contributed by atoms with Crippen molar-refractivity contribution >= 4 is 29.1 Å². The van der Waals surface area contributed by atoms with Gasteiger partial charge in [0.05, 0.1) is 0 Å². The van der Waals surface area contributed by atoms with E-state index in [4.69, 9.17) is 0 Å². The van der Waals surface area contributed by atoms with Gasteiger partial charge in [-0.05, 0) is 30.5 Å². The minimum atomic E-state index is -0.382. The van der Waals surface area contributed by atoms with E-state index in [1.807, 2.05) is 30.5 Å². The minimum absolute atomic E-state index is 0.288. The van der Waals surface area contributed by atoms with Crippen LogP contribution in [0, 0.1) is 0 Å². The number of rotatable bonds is 2. The number of hydrogen-bond donors (Lipinski definition) is 0. The van der Waals surface area contributed by atoms with Crippen molar-refractivity contribution in [2.75, 3.05) is 17.7 Å². The standard InChI is InChI=1S/C11H11NO2S/c1-15-9-4-2-8(3-5-9)12-7-6-10(13)11(12)14/h2-5H,6-7H2,1H3. The lowest BCUT2D eigenvalue weighted by molar-refractivity contribution is -0.133. The largest absolute Gasteiger partial charge is 0.305 e. The van der Waals surface area contributed by atoms with Gasteiger partial charge in [-0.1, -0.05) is 0 Å². The van der Waals surface area contributed by atoms with Crippen molar-refractivity contribution in [2.24, 2.45) is 0 Å². The molecule has 1 amide bonds. The van der Waals surface area contributed by atoms with Crippen LogP contribution in [0.25, 0.3) is 0 Å². The Morgan fingerprint density at radius 1 is 1.20 bits per heavy atom. The van der Waals surface area contributed by atoms with Crippen LogP contribution in [0.2, 0.25) is 0 Å². The summed E-state index contributed by atoms with van der Waals surface area (Å²) in [5.74, 6) is -0.671. The molecule has 1 aromatic carbocycles. The number of anilines is 1. The van der Waals surface area contributed by atoms with E-state index < -0.39 is 0 Å². The molecule has 4 heteroatoms. The fourth-order valence-electron chi connectivity index (χ4n) is 1.58. The lowest BCUT2D eigenvalue weighted by Crippen LogP contribution is -2.26. The molecule has 78 valence electrons. The van der Waals surface area contributed by atoms with Crippen molar-refractivity contribution in [3.8, 4) is 0 Å². The van der Waals surface area contributed by atoms with Crippen LogP contribution in [0.1, 0.15) is 6.42 Å². The Balaban J connectivity index is 2.23. The third kappa shape index (κ3) is 1.90. The summed E-state index contributed by atoms with van der Waals surface area (Å²) in [7, 11) is 0. The highest BCUT2D eigenvalue weighted by Crippen LogP contribution is 2.23. The topological polar surface area (TPSA) is 37.4 Å². The Morgan fingerprint density at radius 3 is 2.33 bits per heavy atom. The molecule has 0 N–H and O–H groups in total. The molecule has 1 saturated heterocycles. The lowest BCUT2D eigenvalue weighted by atomic mass is 10.3. The highest BCUT2D eigenvalue weighted by molar-refractivity contribution is 7.98. The average molecular weight is 221 g/mol. The summed E-state index contributed by atoms with van der Waals surface area (Å²) in [6, 6.07) is 7.66. The van der Waals surface area contributed by atoms with Gasteiger partial charge in [-0.25, -0.2) is 0 Å². The molecule has 1 aromatic rings. The maximum atomic E-state index is 11.4. The van der Waals surface area contributed by atoms with Gasteiger partial charge in [0.1, 0.15) is 0 Å². The Kier molecular flexibility index (Phi) is 2.77. The van der Waals surface area contributed by atoms with Crippen LogP contribution in [0.5, 0.6) is 0 Å². The summed E-state index contributed by atoms with van der Waals surface area (Å²) in [5, 5.41) is 0. The van der Waals surface area contributed by atoms with Gasteiger partial charge >= 0.3 is 0 Å². The maximum absolute atomic E-state index is 11.4. The second-order valence-electron chi connectivity index (χ2n) is 3.33. The van der Waals surface area contributed by atoms with Crippen molar-refractivity contribution < 1.29 is 9.59 Å². The highest BCUT2D eigenvalue weighted by Gasteiger charge is 2.29. The van der Waals surface area contributed by atoms with E-state index in [0.717, 1.165) is 10.6 Å². The smallest absolute Gasteiger partial charge is 0.294 e. The van der Waals surface area contributed by atoms with E-state index in [-0.39, 0.29) is 11.7 Å². The van der Waals surface area contributed by atoms with Crippen LogP contribution < -0.4 is 4.90 Å². The Hall–Kier alpha value is -1.29. The van der Waals surface area contributed by atoms with E-state index in [0.29, 0.717) is 13.0 Å². The second kappa shape index (κ2) is 4.06. The first-order valence-electron chi connectivity index (χ1n) is 4.71. The number of benzene rings is 1. The quantitative estimate of drug-likeness (QED) is 0.563. The molecule has 0 aliphatic carbocycles. The molecule has 0 bridgehead atoms. The van der Waals surface area contributed by atoms with Crippen molar-refractivity contribution in [1.29, 1.82) is 0 Å². The molecule has 0 unspecified atom stereocenters. The predicted molar refractivity (Wildman–Crippen MR) is 60.2 cm³/mol. The van der Waals surface area contributed by atoms with E-state index in [1.54, 1.807) is 11.8 Å². The van der Waals surface area contributed by atoms with Crippen LogP contribution in [0.3, 0.4) is 0 Å². The maximum Gasteiger partial charge on any atom is 0.294 e. The minimum Gasteiger partial charge on any atom is -0.305 e. The summed E-state index contributed by atoms with van der Waals surface area (Å²) in [6.07, 6.45) is 2.34. The Bertz CT molecular complexity index is 400. The number of Topliss-reactive ketones (excluding diaryl/α,β-unsaturated/α-hetero) is 1. The van der Waals surface area contributed by atoms with Gasteiger partial charge in [-0.15, -0.1) is 11.8 Å². The Labute approximate surface area is 92.5 Å². The first-order chi connectivity index (χ1) is 7.22. The highest BCUT2D eigenvalue weighted by atomic mass is 32.2. The summed E-state index contributed by atoms with van der Waals surface area (Å²) >= 11 is 1.65. The van der Waals surface area contributed by atoms with Crippen LogP contribution in [-0.4, -0.2) is 24.5 Å². The predicted octanol–water partition coefficient (Wildman–Crippen LogP) is 1.71. The van der Waals surface area contributed by atoms with E-state index in [2.05, 4.69) is 0 Å². The molecule has 0 atom stereocenters. The lowest BCUT2D eigenvalue weighted by Gasteiger charge is -2.14. The number of carbonyl (C=O) groups excluding carboxylic acids is 2. The number of amides is 1. The number of ketones is 1. The normalized spacial score (nSPS) is 16.2. The molecule has 1 heterocycles. The van der Waals surface area contributed by atoms with Crippen LogP contribution in [0.15, 0.2) is 29.2 Å². The molecule has 15 heavy (non-hydrogen) atoms. The summed E-state index contributed by atoms with van der Waals surface area (Å²) < 4.78 is 0. The molecule has 2 rings (SSSR count). The van der Waals surface area contributed by atoms with Crippen LogP contribution >= 0.6 is 11.8 Å². The van der Waals surface area contributed by atoms with Crippen LogP contribution in [-0.2, 0) is 9.59 Å². The van der Waals surface area contributed by atoms with Crippen molar-refractivity contribution in [1.82, 2.24) is 0 Å². The zero-order chi connectivity index (χ0) is 10.8. The van der Waals surface area contributed by atoms with Gasteiger partial charge in [0.2, 0.25) is 5.78 Å². The number of hydrogen-bond acceptors (Lipinski definition) is 3. The Morgan fingerprint density at radius 2 is 1.87 bits per heavy atom. The van der Waals surface area contributed by atoms with E-state index in [1.165, 1.54) is 4.90 Å². The molecule has 3 nitrogen and oxygen atoms in total. The molecule has 0 aromatic heterocycles. The van der Waals surface area contributed by atoms with Crippen molar-refractivity contribution in [2.45, 2.75) is 11.3 Å². The number of thioether (sulfide) groups is 1. The molecular formula is C11H11NO2S. The summed E-state index contributed by atoms with van der Waals surface area (Å²) in [6.45, 7) is 0.510. The van der Waals surface area contributed by atoms with Gasteiger partial charge in [-0.2, -0.15) is 0 Å². The first-order valence-corrected chi connectivity index (χ1v) is 5.93. The fraction of sp³-hybridized carbons (Fsp3) is 0.273. The van der Waals surface area contributed by atoms with Gasteiger partial charge in [-0.3, -0.25) is 9.59 Å². The molecule has 0 radical (unpaired) electrons. The third-order valence-corrected chi connectivity index (χ3v) is 3.17. The monoisotopic (exact) mass is 221 g/mol. The van der Waals surface area contributed by atoms with Gasteiger partial charge in [0.15, 0.2) is 0 Å². The fourth-order valence-corrected chi connectivity index (χ4v) is 1.99. The second-order valence-corrected chi connectivity index (χ2v) is 4.21. The number of nitrogens with zero attached hydrogens (tertiary/aromatic N) is 1. The first kappa shape index (κ1) is 10.2. The third-order valence-electron chi connectivity index (χ3n) is 2.43. The zero-order valence-corrected chi connectivity index (χ0v) is 9.21. The van der Waals surface area contributed by atoms with Crippen molar-refractivity contribution in [3.05, 3.63) is 24.3 Å². The van der Waals surface area contributed by atoms with Gasteiger partial charge in [0.25, 0.3) is 5.91 Å². The van der Waals surface area contributed by atoms with Crippen molar-refractivity contribution in [3.63, 3.8) is 0 Å². The van der Waals surface area contributed by atoms with Gasteiger partial charge < -0.3 is 4.90 Å². The molecule has 1 aliphatic heterocycles. The average Bonchev–Trinajstić information content (AvgIpc) is 2.60. The SMILES string of the molecule is CSc1ccc(N2CCC(=O)C2=O)cc1. The zero-order valence-electron chi connectivity index (χ0n) is 8.40. The van der Waals surface area contributed by atoms with Crippen LogP contribution in [0.4, 0.5) is 5.69 Å². The molecular weight excluding hydrogens is 210 g/mol. The number of carbonyl (C=O) groups is 2. The molecule has 1 fully saturated rings. The molecule has 1 aliphatic rings. The van der Waals surface area contributed by atoms with E-state index >= 15 is 0 Å². The van der Waals surface area contributed by atoms with Gasteiger partial charge in [0, 0.05) is 23.5 Å². The summed E-state index contributed by atoms with van der Waals surface area (Å²) in [5.41, 5.74) is 0.809. The van der Waals surface area contributed by atoms with E-state index in [9.17, 15) is 9.59 Å².